The summed E-state index contributed by atoms with van der Waals surface area (Å²) in [5, 5.41) is 23.3. The van der Waals surface area contributed by atoms with Gasteiger partial charge in [0, 0.05) is 12.8 Å². The summed E-state index contributed by atoms with van der Waals surface area (Å²) in [5.74, 6) is -0.0759. The minimum atomic E-state index is -0.851. The van der Waals surface area contributed by atoms with Crippen LogP contribution in [0.15, 0.2) is 36.5 Å². The van der Waals surface area contributed by atoms with Crippen molar-refractivity contribution in [3.63, 3.8) is 0 Å². The lowest BCUT2D eigenvalue weighted by Crippen LogP contribution is -2.45. The van der Waals surface area contributed by atoms with E-state index in [1.54, 1.807) is 6.08 Å². The van der Waals surface area contributed by atoms with Crippen molar-refractivity contribution in [3.05, 3.63) is 36.5 Å². The van der Waals surface area contributed by atoms with Crippen LogP contribution in [-0.4, -0.2) is 47.4 Å². The van der Waals surface area contributed by atoms with Crippen LogP contribution in [0, 0.1) is 0 Å². The van der Waals surface area contributed by atoms with Gasteiger partial charge in [0.1, 0.15) is 0 Å². The molecule has 0 rings (SSSR count). The van der Waals surface area contributed by atoms with Crippen molar-refractivity contribution in [2.45, 2.75) is 379 Å². The molecule has 75 heavy (non-hydrogen) atoms. The zero-order valence-electron chi connectivity index (χ0n) is 50.5. The van der Waals surface area contributed by atoms with Crippen molar-refractivity contribution in [1.82, 2.24) is 5.32 Å². The van der Waals surface area contributed by atoms with Gasteiger partial charge in [-0.05, 0) is 64.2 Å². The number of aliphatic hydroxyl groups excluding tert-OH is 2. The third-order valence-electron chi connectivity index (χ3n) is 15.7. The molecule has 2 unspecified atom stereocenters. The predicted molar refractivity (Wildman–Crippen MR) is 329 cm³/mol. The molecule has 6 nitrogen and oxygen atoms in total. The lowest BCUT2D eigenvalue weighted by atomic mass is 10.0. The van der Waals surface area contributed by atoms with Crippen LogP contribution in [0.2, 0.25) is 0 Å². The number of allylic oxidation sites excluding steroid dienone is 5. The summed E-state index contributed by atoms with van der Waals surface area (Å²) in [4.78, 5) is 24.6. The highest BCUT2D eigenvalue weighted by atomic mass is 16.5. The molecule has 0 bridgehead atoms. The van der Waals surface area contributed by atoms with Gasteiger partial charge in [-0.25, -0.2) is 0 Å². The summed E-state index contributed by atoms with van der Waals surface area (Å²) in [7, 11) is 0. The number of carbonyl (C=O) groups excluding carboxylic acids is 2. The topological polar surface area (TPSA) is 95.9 Å². The molecular formula is C69H131NO5. The Bertz CT molecular complexity index is 1210. The number of esters is 1. The quantitative estimate of drug-likeness (QED) is 0.0320. The molecule has 0 aliphatic carbocycles. The lowest BCUT2D eigenvalue weighted by Gasteiger charge is -2.20. The lowest BCUT2D eigenvalue weighted by molar-refractivity contribution is -0.143. The van der Waals surface area contributed by atoms with Gasteiger partial charge in [-0.3, -0.25) is 9.59 Å². The Morgan fingerprint density at radius 1 is 0.373 bits per heavy atom. The van der Waals surface area contributed by atoms with E-state index in [-0.39, 0.29) is 18.5 Å². The fraction of sp³-hybridized carbons (Fsp3) is 0.884. The van der Waals surface area contributed by atoms with Crippen molar-refractivity contribution in [1.29, 1.82) is 0 Å². The number of carbonyl (C=O) groups is 2. The number of hydrogen-bond acceptors (Lipinski definition) is 5. The molecule has 0 spiro atoms. The zero-order chi connectivity index (χ0) is 54.3. The minimum absolute atomic E-state index is 0.00443. The summed E-state index contributed by atoms with van der Waals surface area (Å²) in [5.41, 5.74) is 0. The highest BCUT2D eigenvalue weighted by molar-refractivity contribution is 5.76. The maximum atomic E-state index is 12.5. The first-order chi connectivity index (χ1) is 37.0. The average molecular weight is 1050 g/mol. The molecule has 0 aliphatic rings. The fourth-order valence-corrected chi connectivity index (χ4v) is 10.5. The Balaban J connectivity index is 3.45. The standard InChI is InChI=1S/C69H131NO5/c1-3-5-7-9-11-13-15-17-19-21-23-24-25-26-27-28-29-33-37-41-45-49-53-57-61-67(72)66(65-71)70-68(73)62-58-54-50-46-42-38-34-31-32-36-40-44-48-52-56-60-64-75-69(74)63-59-55-51-47-43-39-35-30-22-20-18-16-14-12-10-8-6-4-2/h14,16,20,22,57,61,66-67,71-72H,3-13,15,17-19,21,23-56,58-60,62-65H2,1-2H3,(H,70,73)/b16-14-,22-20-,61-57+. The molecule has 2 atom stereocenters. The highest BCUT2D eigenvalue weighted by Gasteiger charge is 2.18. The molecule has 0 fully saturated rings. The van der Waals surface area contributed by atoms with Crippen molar-refractivity contribution >= 4 is 11.9 Å². The number of nitrogens with one attached hydrogen (secondary N) is 1. The summed E-state index contributed by atoms with van der Waals surface area (Å²) in [6, 6.07) is -0.635. The third-order valence-corrected chi connectivity index (χ3v) is 15.7. The molecule has 0 aliphatic heterocycles. The second kappa shape index (κ2) is 64.6. The van der Waals surface area contributed by atoms with E-state index >= 15 is 0 Å². The summed E-state index contributed by atoms with van der Waals surface area (Å²) in [6.45, 7) is 4.90. The van der Waals surface area contributed by atoms with E-state index in [0.29, 0.717) is 19.4 Å². The number of amides is 1. The molecule has 0 aromatic carbocycles. The molecule has 0 aromatic heterocycles. The van der Waals surface area contributed by atoms with E-state index in [1.165, 1.54) is 289 Å². The van der Waals surface area contributed by atoms with Gasteiger partial charge in [0.25, 0.3) is 0 Å². The number of aliphatic hydroxyl groups is 2. The van der Waals surface area contributed by atoms with Crippen molar-refractivity contribution in [2.24, 2.45) is 0 Å². The van der Waals surface area contributed by atoms with Crippen LogP contribution in [0.4, 0.5) is 0 Å². The van der Waals surface area contributed by atoms with Crippen molar-refractivity contribution < 1.29 is 24.5 Å². The SMILES string of the molecule is CCCCCC/C=C\C/C=C\CCCCCCCCCC(=O)OCCCCCCCCCCCCCCCCCCC(=O)NC(CO)C(O)/C=C/CCCCCCCCCCCCCCCCCCCCCCCC. The van der Waals surface area contributed by atoms with E-state index in [0.717, 1.165) is 51.4 Å². The van der Waals surface area contributed by atoms with Gasteiger partial charge in [-0.1, -0.05) is 326 Å². The Labute approximate surface area is 468 Å². The smallest absolute Gasteiger partial charge is 0.305 e. The van der Waals surface area contributed by atoms with Crippen LogP contribution < -0.4 is 5.32 Å². The molecule has 0 radical (unpaired) electrons. The van der Waals surface area contributed by atoms with E-state index in [2.05, 4.69) is 43.5 Å². The number of rotatable bonds is 63. The Morgan fingerprint density at radius 3 is 1.03 bits per heavy atom. The van der Waals surface area contributed by atoms with E-state index in [9.17, 15) is 19.8 Å². The molecule has 3 N–H and O–H groups in total. The summed E-state index contributed by atoms with van der Waals surface area (Å²) >= 11 is 0. The monoisotopic (exact) mass is 1050 g/mol. The summed E-state index contributed by atoms with van der Waals surface area (Å²) < 4.78 is 5.49. The molecule has 0 heterocycles. The first kappa shape index (κ1) is 73.1. The van der Waals surface area contributed by atoms with Gasteiger partial charge in [-0.15, -0.1) is 0 Å². The number of unbranched alkanes of at least 4 members (excludes halogenated alkanes) is 48. The molecule has 0 aromatic rings. The Kier molecular flexibility index (Phi) is 63.0. The van der Waals surface area contributed by atoms with Crippen molar-refractivity contribution in [2.75, 3.05) is 13.2 Å². The Morgan fingerprint density at radius 2 is 0.667 bits per heavy atom. The van der Waals surface area contributed by atoms with Crippen LogP contribution in [0.3, 0.4) is 0 Å². The van der Waals surface area contributed by atoms with Gasteiger partial charge in [0.15, 0.2) is 0 Å². The molecular weight excluding hydrogens is 923 g/mol. The van der Waals surface area contributed by atoms with Gasteiger partial charge in [-0.2, -0.15) is 0 Å². The van der Waals surface area contributed by atoms with Gasteiger partial charge >= 0.3 is 5.97 Å². The molecule has 0 saturated heterocycles. The number of ether oxygens (including phenoxy) is 1. The molecule has 1 amide bonds. The minimum Gasteiger partial charge on any atom is -0.466 e. The summed E-state index contributed by atoms with van der Waals surface area (Å²) in [6.07, 6.45) is 81.9. The van der Waals surface area contributed by atoms with Gasteiger partial charge in [0.2, 0.25) is 5.91 Å². The van der Waals surface area contributed by atoms with Gasteiger partial charge in [0.05, 0.1) is 25.4 Å². The largest absolute Gasteiger partial charge is 0.466 e. The maximum Gasteiger partial charge on any atom is 0.305 e. The first-order valence-corrected chi connectivity index (χ1v) is 33.8. The molecule has 6 heteroatoms. The van der Waals surface area contributed by atoms with Crippen LogP contribution in [0.25, 0.3) is 0 Å². The number of hydrogen-bond donors (Lipinski definition) is 3. The van der Waals surface area contributed by atoms with Crippen LogP contribution in [0.5, 0.6) is 0 Å². The maximum absolute atomic E-state index is 12.5. The van der Waals surface area contributed by atoms with Crippen LogP contribution in [-0.2, 0) is 14.3 Å². The highest BCUT2D eigenvalue weighted by Crippen LogP contribution is 2.18. The fourth-order valence-electron chi connectivity index (χ4n) is 10.5. The average Bonchev–Trinajstić information content (AvgIpc) is 3.41. The second-order valence-electron chi connectivity index (χ2n) is 23.2. The normalized spacial score (nSPS) is 12.7. The van der Waals surface area contributed by atoms with E-state index in [1.807, 2.05) is 6.08 Å². The molecule has 442 valence electrons. The zero-order valence-corrected chi connectivity index (χ0v) is 50.5. The second-order valence-corrected chi connectivity index (χ2v) is 23.2. The molecule has 0 saturated carbocycles. The van der Waals surface area contributed by atoms with Gasteiger partial charge < -0.3 is 20.3 Å². The third kappa shape index (κ3) is 61.2. The van der Waals surface area contributed by atoms with Crippen LogP contribution >= 0.6 is 0 Å². The predicted octanol–water partition coefficient (Wildman–Crippen LogP) is 21.5. The van der Waals surface area contributed by atoms with E-state index in [4.69, 9.17) is 4.74 Å². The van der Waals surface area contributed by atoms with Crippen molar-refractivity contribution in [3.8, 4) is 0 Å². The van der Waals surface area contributed by atoms with Crippen LogP contribution in [0.1, 0.15) is 367 Å². The van der Waals surface area contributed by atoms with E-state index < -0.39 is 12.1 Å². The first-order valence-electron chi connectivity index (χ1n) is 33.8. The Hall–Kier alpha value is -1.92.